The summed E-state index contributed by atoms with van der Waals surface area (Å²) in [5.41, 5.74) is 0.608. The van der Waals surface area contributed by atoms with Crippen molar-refractivity contribution in [2.24, 2.45) is 0 Å². The molecular weight excluding hydrogens is 485 g/mol. The van der Waals surface area contributed by atoms with Gasteiger partial charge in [-0.15, -0.1) is 0 Å². The van der Waals surface area contributed by atoms with Crippen LogP contribution in [0.2, 0.25) is 10.0 Å². The first-order valence-electron chi connectivity index (χ1n) is 10.6. The van der Waals surface area contributed by atoms with Gasteiger partial charge in [-0.2, -0.15) is 0 Å². The lowest BCUT2D eigenvalue weighted by Gasteiger charge is -2.24. The van der Waals surface area contributed by atoms with Crippen molar-refractivity contribution >= 4 is 46.9 Å². The van der Waals surface area contributed by atoms with Crippen molar-refractivity contribution in [1.82, 2.24) is 9.88 Å². The van der Waals surface area contributed by atoms with E-state index in [0.29, 0.717) is 30.9 Å². The second-order valence-corrected chi connectivity index (χ2v) is 9.62. The van der Waals surface area contributed by atoms with Crippen LogP contribution in [0.1, 0.15) is 53.7 Å². The molecule has 0 aliphatic carbocycles. The van der Waals surface area contributed by atoms with Gasteiger partial charge in [-0.05, 0) is 45.9 Å². The van der Waals surface area contributed by atoms with E-state index in [1.165, 1.54) is 25.3 Å². The van der Waals surface area contributed by atoms with Crippen LogP contribution in [0.4, 0.5) is 10.5 Å². The SMILES string of the molecule is COC(=O)c1ccc(NC(=O)c2[nH]c(C)c(Cl)c2Cl)c(OC2CCN(C(=O)OC(C)(C)C)C2)c1. The lowest BCUT2D eigenvalue weighted by atomic mass is 10.1. The molecular formula is C23H27Cl2N3O6. The molecule has 0 radical (unpaired) electrons. The Hall–Kier alpha value is -2.91. The van der Waals surface area contributed by atoms with Gasteiger partial charge in [0.25, 0.3) is 5.91 Å². The summed E-state index contributed by atoms with van der Waals surface area (Å²) in [6, 6.07) is 4.52. The topological polar surface area (TPSA) is 110 Å². The average Bonchev–Trinajstić information content (AvgIpc) is 3.33. The number of nitrogens with one attached hydrogen (secondary N) is 2. The number of ether oxygens (including phenoxy) is 3. The fourth-order valence-electron chi connectivity index (χ4n) is 3.38. The van der Waals surface area contributed by atoms with E-state index in [-0.39, 0.29) is 33.2 Å². The largest absolute Gasteiger partial charge is 0.486 e. The van der Waals surface area contributed by atoms with E-state index in [1.807, 2.05) is 0 Å². The van der Waals surface area contributed by atoms with Crippen LogP contribution in [0, 0.1) is 6.92 Å². The van der Waals surface area contributed by atoms with Crippen LogP contribution >= 0.6 is 23.2 Å². The molecule has 9 nitrogen and oxygen atoms in total. The summed E-state index contributed by atoms with van der Waals surface area (Å²) in [5, 5.41) is 3.10. The molecule has 184 valence electrons. The molecule has 2 amide bonds. The van der Waals surface area contributed by atoms with Crippen molar-refractivity contribution in [2.75, 3.05) is 25.5 Å². The number of H-pyrrole nitrogens is 1. The van der Waals surface area contributed by atoms with Crippen molar-refractivity contribution in [1.29, 1.82) is 0 Å². The minimum absolute atomic E-state index is 0.101. The number of carbonyl (C=O) groups excluding carboxylic acids is 3. The van der Waals surface area contributed by atoms with Gasteiger partial charge in [0, 0.05) is 18.7 Å². The second-order valence-electron chi connectivity index (χ2n) is 8.86. The highest BCUT2D eigenvalue weighted by molar-refractivity contribution is 6.44. The number of aromatic nitrogens is 1. The molecule has 0 saturated carbocycles. The number of hydrogen-bond acceptors (Lipinski definition) is 6. The van der Waals surface area contributed by atoms with Gasteiger partial charge in [0.05, 0.1) is 35.0 Å². The van der Waals surface area contributed by atoms with Gasteiger partial charge >= 0.3 is 12.1 Å². The number of rotatable bonds is 5. The Labute approximate surface area is 207 Å². The minimum atomic E-state index is -0.608. The number of halogens is 2. The van der Waals surface area contributed by atoms with E-state index >= 15 is 0 Å². The van der Waals surface area contributed by atoms with E-state index in [2.05, 4.69) is 10.3 Å². The third-order valence-electron chi connectivity index (χ3n) is 5.02. The minimum Gasteiger partial charge on any atom is -0.486 e. The number of methoxy groups -OCH3 is 1. The van der Waals surface area contributed by atoms with Crippen LogP contribution in [0.15, 0.2) is 18.2 Å². The highest BCUT2D eigenvalue weighted by Crippen LogP contribution is 2.33. The van der Waals surface area contributed by atoms with E-state index < -0.39 is 23.6 Å². The van der Waals surface area contributed by atoms with Crippen molar-refractivity contribution in [3.05, 3.63) is 45.2 Å². The summed E-state index contributed by atoms with van der Waals surface area (Å²) in [7, 11) is 1.27. The van der Waals surface area contributed by atoms with Crippen LogP contribution in [-0.2, 0) is 9.47 Å². The third-order valence-corrected chi connectivity index (χ3v) is 5.97. The van der Waals surface area contributed by atoms with Crippen LogP contribution in [0.25, 0.3) is 0 Å². The molecule has 1 aliphatic heterocycles. The maximum Gasteiger partial charge on any atom is 0.410 e. The number of nitrogens with zero attached hydrogens (tertiary/aromatic N) is 1. The quantitative estimate of drug-likeness (QED) is 0.543. The number of hydrogen-bond donors (Lipinski definition) is 2. The second kappa shape index (κ2) is 10.1. The van der Waals surface area contributed by atoms with Crippen molar-refractivity contribution in [3.63, 3.8) is 0 Å². The predicted octanol–water partition coefficient (Wildman–Crippen LogP) is 5.06. The molecule has 11 heteroatoms. The van der Waals surface area contributed by atoms with E-state index in [4.69, 9.17) is 37.4 Å². The molecule has 0 bridgehead atoms. The number of aryl methyl sites for hydroxylation is 1. The summed E-state index contributed by atoms with van der Waals surface area (Å²) >= 11 is 12.2. The lowest BCUT2D eigenvalue weighted by molar-refractivity contribution is 0.0275. The molecule has 1 fully saturated rings. The van der Waals surface area contributed by atoms with Gasteiger partial charge in [-0.3, -0.25) is 4.79 Å². The summed E-state index contributed by atoms with van der Waals surface area (Å²) in [6.07, 6.45) is -0.252. The number of carbonyl (C=O) groups is 3. The average molecular weight is 512 g/mol. The normalized spacial score (nSPS) is 15.7. The maximum atomic E-state index is 12.8. The zero-order valence-electron chi connectivity index (χ0n) is 19.6. The third kappa shape index (κ3) is 5.95. The van der Waals surface area contributed by atoms with Crippen LogP contribution in [0.5, 0.6) is 5.75 Å². The number of esters is 1. The smallest absolute Gasteiger partial charge is 0.410 e. The van der Waals surface area contributed by atoms with Crippen molar-refractivity contribution in [2.45, 2.75) is 45.8 Å². The Morgan fingerprint density at radius 3 is 2.47 bits per heavy atom. The van der Waals surface area contributed by atoms with Gasteiger partial charge in [0.1, 0.15) is 23.1 Å². The maximum absolute atomic E-state index is 12.8. The Balaban J connectivity index is 1.81. The Morgan fingerprint density at radius 2 is 1.88 bits per heavy atom. The van der Waals surface area contributed by atoms with Crippen LogP contribution in [0.3, 0.4) is 0 Å². The summed E-state index contributed by atoms with van der Waals surface area (Å²) < 4.78 is 16.3. The summed E-state index contributed by atoms with van der Waals surface area (Å²) in [4.78, 5) is 41.7. The summed E-state index contributed by atoms with van der Waals surface area (Å²) in [6.45, 7) is 7.84. The molecule has 3 rings (SSSR count). The van der Waals surface area contributed by atoms with Gasteiger partial charge < -0.3 is 29.4 Å². The number of amides is 2. The molecule has 1 saturated heterocycles. The number of benzene rings is 1. The van der Waals surface area contributed by atoms with Crippen LogP contribution in [-0.4, -0.2) is 59.8 Å². The number of anilines is 1. The highest BCUT2D eigenvalue weighted by atomic mass is 35.5. The fraction of sp³-hybridized carbons (Fsp3) is 0.435. The molecule has 1 aliphatic rings. The molecule has 1 unspecified atom stereocenters. The van der Waals surface area contributed by atoms with Gasteiger partial charge in [-0.25, -0.2) is 9.59 Å². The zero-order valence-corrected chi connectivity index (χ0v) is 21.1. The molecule has 1 aromatic carbocycles. The molecule has 2 heterocycles. The van der Waals surface area contributed by atoms with Crippen molar-refractivity contribution in [3.8, 4) is 5.75 Å². The first-order chi connectivity index (χ1) is 15.9. The molecule has 1 atom stereocenters. The monoisotopic (exact) mass is 511 g/mol. The molecule has 1 aromatic heterocycles. The number of aromatic amines is 1. The van der Waals surface area contributed by atoms with E-state index in [1.54, 1.807) is 32.6 Å². The fourth-order valence-corrected chi connectivity index (χ4v) is 3.79. The van der Waals surface area contributed by atoms with E-state index in [0.717, 1.165) is 0 Å². The predicted molar refractivity (Wildman–Crippen MR) is 128 cm³/mol. The molecule has 2 N–H and O–H groups in total. The standard InChI is InChI=1S/C23H27Cl2N3O6/c1-12-17(24)18(25)19(26-12)20(29)27-15-7-6-13(21(30)32-5)10-16(15)33-14-8-9-28(11-14)22(31)34-23(2,3)4/h6-7,10,14,26H,8-9,11H2,1-5H3,(H,27,29). The highest BCUT2D eigenvalue weighted by Gasteiger charge is 2.31. The van der Waals surface area contributed by atoms with Crippen molar-refractivity contribution < 1.29 is 28.6 Å². The first kappa shape index (κ1) is 25.7. The van der Waals surface area contributed by atoms with Gasteiger partial charge in [0.2, 0.25) is 0 Å². The lowest BCUT2D eigenvalue weighted by Crippen LogP contribution is -2.36. The van der Waals surface area contributed by atoms with Gasteiger partial charge in [0.15, 0.2) is 0 Å². The molecule has 2 aromatic rings. The Kier molecular flexibility index (Phi) is 7.67. The van der Waals surface area contributed by atoms with E-state index in [9.17, 15) is 14.4 Å². The molecule has 34 heavy (non-hydrogen) atoms. The number of likely N-dealkylation sites (tertiary alicyclic amines) is 1. The Morgan fingerprint density at radius 1 is 1.18 bits per heavy atom. The molecule has 0 spiro atoms. The zero-order chi connectivity index (χ0) is 25.2. The van der Waals surface area contributed by atoms with Gasteiger partial charge in [-0.1, -0.05) is 23.2 Å². The first-order valence-corrected chi connectivity index (χ1v) is 11.4. The Bertz CT molecular complexity index is 1110. The van der Waals surface area contributed by atoms with Crippen LogP contribution < -0.4 is 10.1 Å². The summed E-state index contributed by atoms with van der Waals surface area (Å²) in [5.74, 6) is -0.838.